The lowest BCUT2D eigenvalue weighted by atomic mass is 9.84. The number of hydrogen-bond acceptors (Lipinski definition) is 3. The van der Waals surface area contributed by atoms with E-state index in [1.54, 1.807) is 14.2 Å². The molecule has 2 saturated heterocycles. The molecule has 2 fully saturated rings. The first-order valence-corrected chi connectivity index (χ1v) is 5.98. The average molecular weight is 226 g/mol. The molecular weight excluding hydrogens is 204 g/mol. The smallest absolute Gasteiger partial charge is 0.0930 e. The zero-order valence-electron chi connectivity index (χ0n) is 10.3. The Labute approximate surface area is 97.8 Å². The van der Waals surface area contributed by atoms with Crippen molar-refractivity contribution in [2.45, 2.75) is 36.9 Å². The summed E-state index contributed by atoms with van der Waals surface area (Å²) in [6.45, 7) is 5.29. The largest absolute Gasteiger partial charge is 0.382 e. The zero-order valence-corrected chi connectivity index (χ0v) is 10.3. The van der Waals surface area contributed by atoms with Gasteiger partial charge >= 0.3 is 0 Å². The summed E-state index contributed by atoms with van der Waals surface area (Å²) in [5.41, 5.74) is -0.186. The fraction of sp³-hybridized carbons (Fsp3) is 0.846. The molecule has 3 atom stereocenters. The highest BCUT2D eigenvalue weighted by Crippen LogP contribution is 2.50. The van der Waals surface area contributed by atoms with E-state index in [2.05, 4.69) is 12.7 Å². The summed E-state index contributed by atoms with van der Waals surface area (Å²) in [6.07, 6.45) is 6.29. The van der Waals surface area contributed by atoms with E-state index >= 15 is 0 Å². The molecule has 0 N–H and O–H groups in total. The van der Waals surface area contributed by atoms with Gasteiger partial charge in [-0.15, -0.1) is 6.58 Å². The summed E-state index contributed by atoms with van der Waals surface area (Å²) in [6, 6.07) is 0. The summed E-state index contributed by atoms with van der Waals surface area (Å²) in [5, 5.41) is 0. The van der Waals surface area contributed by atoms with Crippen molar-refractivity contribution in [2.24, 2.45) is 5.92 Å². The van der Waals surface area contributed by atoms with Crippen LogP contribution in [0.1, 0.15) is 25.7 Å². The van der Waals surface area contributed by atoms with Gasteiger partial charge in [0.15, 0.2) is 0 Å². The van der Waals surface area contributed by atoms with E-state index in [0.29, 0.717) is 19.1 Å². The van der Waals surface area contributed by atoms with Crippen molar-refractivity contribution in [2.75, 3.05) is 27.4 Å². The number of fused-ring (bicyclic) bond motifs is 2. The fourth-order valence-corrected chi connectivity index (χ4v) is 3.35. The van der Waals surface area contributed by atoms with E-state index in [-0.39, 0.29) is 11.2 Å². The van der Waals surface area contributed by atoms with Crippen LogP contribution in [0.3, 0.4) is 0 Å². The van der Waals surface area contributed by atoms with Crippen molar-refractivity contribution in [3.05, 3.63) is 12.7 Å². The van der Waals surface area contributed by atoms with Gasteiger partial charge in [0, 0.05) is 14.2 Å². The van der Waals surface area contributed by atoms with E-state index in [1.165, 1.54) is 0 Å². The van der Waals surface area contributed by atoms with E-state index in [4.69, 9.17) is 14.2 Å². The first-order chi connectivity index (χ1) is 7.67. The van der Waals surface area contributed by atoms with Crippen molar-refractivity contribution >= 4 is 0 Å². The molecule has 0 aliphatic carbocycles. The van der Waals surface area contributed by atoms with Gasteiger partial charge in [0.1, 0.15) is 0 Å². The quantitative estimate of drug-likeness (QED) is 0.672. The first kappa shape index (κ1) is 12.1. The molecule has 2 bridgehead atoms. The van der Waals surface area contributed by atoms with Crippen molar-refractivity contribution in [3.63, 3.8) is 0 Å². The molecule has 3 heteroatoms. The molecular formula is C13H22O3. The van der Waals surface area contributed by atoms with Crippen molar-refractivity contribution in [3.8, 4) is 0 Å². The molecule has 0 radical (unpaired) electrons. The van der Waals surface area contributed by atoms with Crippen LogP contribution in [0.15, 0.2) is 12.7 Å². The van der Waals surface area contributed by atoms with Crippen LogP contribution in [0, 0.1) is 5.92 Å². The van der Waals surface area contributed by atoms with Crippen LogP contribution >= 0.6 is 0 Å². The van der Waals surface area contributed by atoms with Crippen LogP contribution in [0.5, 0.6) is 0 Å². The van der Waals surface area contributed by atoms with Gasteiger partial charge in [0.2, 0.25) is 0 Å². The maximum absolute atomic E-state index is 6.29. The highest BCUT2D eigenvalue weighted by Gasteiger charge is 2.54. The Morgan fingerprint density at radius 3 is 2.06 bits per heavy atom. The van der Waals surface area contributed by atoms with Crippen LogP contribution in [0.4, 0.5) is 0 Å². The van der Waals surface area contributed by atoms with Crippen molar-refractivity contribution < 1.29 is 14.2 Å². The zero-order chi connectivity index (χ0) is 11.6. The summed E-state index contributed by atoms with van der Waals surface area (Å²) in [7, 11) is 3.48. The second-order valence-corrected chi connectivity index (χ2v) is 5.24. The normalized spacial score (nSPS) is 42.2. The molecule has 0 aromatic carbocycles. The Balaban J connectivity index is 2.16. The van der Waals surface area contributed by atoms with Gasteiger partial charge in [-0.1, -0.05) is 6.08 Å². The minimum atomic E-state index is -0.0929. The molecule has 0 saturated carbocycles. The van der Waals surface area contributed by atoms with Gasteiger partial charge in [-0.2, -0.15) is 0 Å². The summed E-state index contributed by atoms with van der Waals surface area (Å²) >= 11 is 0. The number of methoxy groups -OCH3 is 2. The molecule has 2 aliphatic rings. The molecule has 0 unspecified atom stereocenters. The number of ether oxygens (including phenoxy) is 3. The van der Waals surface area contributed by atoms with Crippen LogP contribution < -0.4 is 0 Å². The fourth-order valence-electron chi connectivity index (χ4n) is 3.35. The van der Waals surface area contributed by atoms with E-state index in [9.17, 15) is 0 Å². The van der Waals surface area contributed by atoms with E-state index < -0.39 is 0 Å². The second kappa shape index (κ2) is 4.47. The minimum Gasteiger partial charge on any atom is -0.382 e. The first-order valence-electron chi connectivity index (χ1n) is 5.98. The molecule has 2 rings (SSSR count). The SMILES string of the molecule is C=C[C@H]1C[C@@]2(COC)CC[C@@](COC)(C1)O2. The monoisotopic (exact) mass is 226 g/mol. The van der Waals surface area contributed by atoms with Crippen LogP contribution in [0.25, 0.3) is 0 Å². The second-order valence-electron chi connectivity index (χ2n) is 5.24. The summed E-state index contributed by atoms with van der Waals surface area (Å²) in [4.78, 5) is 0. The third-order valence-electron chi connectivity index (χ3n) is 3.89. The number of hydrogen-bond donors (Lipinski definition) is 0. The van der Waals surface area contributed by atoms with Crippen LogP contribution in [-0.2, 0) is 14.2 Å². The molecule has 16 heavy (non-hydrogen) atoms. The summed E-state index contributed by atoms with van der Waals surface area (Å²) in [5.74, 6) is 0.529. The third kappa shape index (κ3) is 2.04. The van der Waals surface area contributed by atoms with Crippen molar-refractivity contribution in [1.29, 1.82) is 0 Å². The lowest BCUT2D eigenvalue weighted by molar-refractivity contribution is -0.187. The Hall–Kier alpha value is -0.380. The molecule has 0 amide bonds. The Bertz CT molecular complexity index is 244. The maximum Gasteiger partial charge on any atom is 0.0930 e. The highest BCUT2D eigenvalue weighted by atomic mass is 16.6. The minimum absolute atomic E-state index is 0.0929. The van der Waals surface area contributed by atoms with Crippen molar-refractivity contribution in [1.82, 2.24) is 0 Å². The van der Waals surface area contributed by atoms with E-state index in [0.717, 1.165) is 25.7 Å². The highest BCUT2D eigenvalue weighted by molar-refractivity contribution is 5.07. The molecule has 0 aromatic heterocycles. The Kier molecular flexibility index (Phi) is 3.38. The summed E-state index contributed by atoms with van der Waals surface area (Å²) < 4.78 is 16.9. The van der Waals surface area contributed by atoms with Gasteiger partial charge in [-0.3, -0.25) is 0 Å². The van der Waals surface area contributed by atoms with Gasteiger partial charge < -0.3 is 14.2 Å². The van der Waals surface area contributed by atoms with E-state index in [1.807, 2.05) is 0 Å². The molecule has 0 spiro atoms. The number of rotatable bonds is 5. The average Bonchev–Trinajstić information content (AvgIpc) is 2.52. The van der Waals surface area contributed by atoms with Crippen LogP contribution in [-0.4, -0.2) is 38.6 Å². The van der Waals surface area contributed by atoms with Crippen LogP contribution in [0.2, 0.25) is 0 Å². The van der Waals surface area contributed by atoms with Gasteiger partial charge in [-0.05, 0) is 31.6 Å². The standard InChI is InChI=1S/C13H22O3/c1-4-11-7-12(9-14-2)5-6-13(8-11,16-12)10-15-3/h4,11H,1,5-10H2,2-3H3/t11-,12+,13-. The third-order valence-corrected chi connectivity index (χ3v) is 3.89. The molecule has 0 aromatic rings. The molecule has 92 valence electrons. The lowest BCUT2D eigenvalue weighted by Gasteiger charge is -2.42. The number of allylic oxidation sites excluding steroid dienone is 1. The van der Waals surface area contributed by atoms with Gasteiger partial charge in [-0.25, -0.2) is 0 Å². The predicted octanol–water partition coefficient (Wildman–Crippen LogP) is 2.16. The van der Waals surface area contributed by atoms with Gasteiger partial charge in [0.05, 0.1) is 24.4 Å². The lowest BCUT2D eigenvalue weighted by Crippen LogP contribution is -2.48. The Morgan fingerprint density at radius 2 is 1.69 bits per heavy atom. The molecule has 3 nitrogen and oxygen atoms in total. The topological polar surface area (TPSA) is 27.7 Å². The molecule has 2 heterocycles. The Morgan fingerprint density at radius 1 is 1.19 bits per heavy atom. The van der Waals surface area contributed by atoms with Gasteiger partial charge in [0.25, 0.3) is 0 Å². The maximum atomic E-state index is 6.29. The predicted molar refractivity (Wildman–Crippen MR) is 62.5 cm³/mol. The molecule has 2 aliphatic heterocycles.